The Kier molecular flexibility index (Phi) is 9.48. The van der Waals surface area contributed by atoms with Gasteiger partial charge in [0.15, 0.2) is 16.6 Å². The lowest BCUT2D eigenvalue weighted by molar-refractivity contribution is 0.527. The van der Waals surface area contributed by atoms with Gasteiger partial charge in [-0.2, -0.15) is 0 Å². The Bertz CT molecular complexity index is 185. The largest absolute Gasteiger partial charge is 0.456 e. The summed E-state index contributed by atoms with van der Waals surface area (Å²) >= 11 is 11.5. The van der Waals surface area contributed by atoms with Crippen molar-refractivity contribution in [2.45, 2.75) is 64.0 Å². The molecule has 0 aromatic rings. The summed E-state index contributed by atoms with van der Waals surface area (Å²) in [6.07, 6.45) is 4.68. The second-order valence-corrected chi connectivity index (χ2v) is 15.7. The summed E-state index contributed by atoms with van der Waals surface area (Å²) in [7, 11) is -2.93. The smallest absolute Gasteiger partial charge is 0.176 e. The molecule has 0 amide bonds. The lowest BCUT2D eigenvalue weighted by Gasteiger charge is -2.35. The van der Waals surface area contributed by atoms with Gasteiger partial charge in [0.05, 0.1) is 0 Å². The van der Waals surface area contributed by atoms with E-state index in [2.05, 4.69) is 26.2 Å². The first-order valence-electron chi connectivity index (χ1n) is 6.65. The maximum atomic E-state index is 6.51. The standard InChI is InChI=1S/C12H28Cl2OSi2/c1-16(2,3)15-17(4,11-7-5-9-13)12-8-6-10-14/h5-12H2,1-4H3. The summed E-state index contributed by atoms with van der Waals surface area (Å²) in [4.78, 5) is 0. The molecule has 0 aromatic carbocycles. The second kappa shape index (κ2) is 8.97. The molecule has 0 saturated carbocycles. The quantitative estimate of drug-likeness (QED) is 0.296. The number of hydrogen-bond donors (Lipinski definition) is 0. The Morgan fingerprint density at radius 1 is 0.765 bits per heavy atom. The Balaban J connectivity index is 4.24. The Labute approximate surface area is 119 Å². The minimum Gasteiger partial charge on any atom is -0.456 e. The average molecular weight is 315 g/mol. The highest BCUT2D eigenvalue weighted by atomic mass is 35.5. The van der Waals surface area contributed by atoms with Gasteiger partial charge >= 0.3 is 0 Å². The van der Waals surface area contributed by atoms with Crippen molar-refractivity contribution in [1.29, 1.82) is 0 Å². The Morgan fingerprint density at radius 3 is 1.47 bits per heavy atom. The number of halogens is 2. The van der Waals surface area contributed by atoms with Gasteiger partial charge in [0.2, 0.25) is 0 Å². The molecular weight excluding hydrogens is 287 g/mol. The maximum Gasteiger partial charge on any atom is 0.176 e. The van der Waals surface area contributed by atoms with Crippen LogP contribution in [-0.2, 0) is 4.12 Å². The van der Waals surface area contributed by atoms with Crippen molar-refractivity contribution >= 4 is 39.8 Å². The number of hydrogen-bond acceptors (Lipinski definition) is 1. The van der Waals surface area contributed by atoms with Crippen LogP contribution in [0.5, 0.6) is 0 Å². The molecule has 0 fully saturated rings. The molecule has 104 valence electrons. The molecular formula is C12H28Cl2OSi2. The normalized spacial score (nSPS) is 13.1. The summed E-state index contributed by atoms with van der Waals surface area (Å²) < 4.78 is 6.51. The molecule has 0 heterocycles. The summed E-state index contributed by atoms with van der Waals surface area (Å²) in [6, 6.07) is 2.51. The fourth-order valence-electron chi connectivity index (χ4n) is 2.15. The highest BCUT2D eigenvalue weighted by Crippen LogP contribution is 2.27. The van der Waals surface area contributed by atoms with Gasteiger partial charge in [0, 0.05) is 11.8 Å². The highest BCUT2D eigenvalue weighted by molar-refractivity contribution is 6.84. The highest BCUT2D eigenvalue weighted by Gasteiger charge is 2.33. The van der Waals surface area contributed by atoms with Crippen molar-refractivity contribution in [3.8, 4) is 0 Å². The van der Waals surface area contributed by atoms with E-state index in [0.29, 0.717) is 0 Å². The van der Waals surface area contributed by atoms with Gasteiger partial charge < -0.3 is 4.12 Å². The first-order valence-corrected chi connectivity index (χ1v) is 13.9. The monoisotopic (exact) mass is 314 g/mol. The molecule has 1 nitrogen and oxygen atoms in total. The average Bonchev–Trinajstić information content (AvgIpc) is 2.15. The van der Waals surface area contributed by atoms with Crippen LogP contribution in [0.2, 0.25) is 38.3 Å². The molecule has 0 aliphatic carbocycles. The summed E-state index contributed by atoms with van der Waals surface area (Å²) in [5, 5.41) is 0. The lowest BCUT2D eigenvalue weighted by atomic mass is 10.4. The van der Waals surface area contributed by atoms with E-state index in [1.54, 1.807) is 0 Å². The molecule has 0 atom stereocenters. The van der Waals surface area contributed by atoms with Crippen LogP contribution in [0.3, 0.4) is 0 Å². The van der Waals surface area contributed by atoms with E-state index in [1.807, 2.05) is 0 Å². The third kappa shape index (κ3) is 10.6. The van der Waals surface area contributed by atoms with Crippen LogP contribution in [0.15, 0.2) is 0 Å². The third-order valence-electron chi connectivity index (χ3n) is 2.73. The van der Waals surface area contributed by atoms with Gasteiger partial charge in [-0.3, -0.25) is 0 Å². The molecule has 0 aromatic heterocycles. The van der Waals surface area contributed by atoms with Crippen molar-refractivity contribution in [2.75, 3.05) is 11.8 Å². The van der Waals surface area contributed by atoms with Crippen LogP contribution in [0.1, 0.15) is 25.7 Å². The molecule has 0 aliphatic heterocycles. The van der Waals surface area contributed by atoms with Crippen LogP contribution in [0.25, 0.3) is 0 Å². The van der Waals surface area contributed by atoms with E-state index in [-0.39, 0.29) is 0 Å². The minimum absolute atomic E-state index is 0.777. The van der Waals surface area contributed by atoms with Crippen LogP contribution in [0.4, 0.5) is 0 Å². The van der Waals surface area contributed by atoms with E-state index in [9.17, 15) is 0 Å². The molecule has 0 rings (SSSR count). The van der Waals surface area contributed by atoms with Crippen molar-refractivity contribution in [1.82, 2.24) is 0 Å². The number of alkyl halides is 2. The number of rotatable bonds is 10. The summed E-state index contributed by atoms with van der Waals surface area (Å²) in [5.41, 5.74) is 0. The maximum absolute atomic E-state index is 6.51. The molecule has 0 radical (unpaired) electrons. The van der Waals surface area contributed by atoms with E-state index in [0.717, 1.165) is 24.6 Å². The van der Waals surface area contributed by atoms with Crippen molar-refractivity contribution in [3.05, 3.63) is 0 Å². The van der Waals surface area contributed by atoms with Crippen LogP contribution < -0.4 is 0 Å². The van der Waals surface area contributed by atoms with Gasteiger partial charge in [0.1, 0.15) is 0 Å². The zero-order chi connectivity index (χ0) is 13.4. The third-order valence-corrected chi connectivity index (χ3v) is 10.5. The molecule has 0 saturated heterocycles. The minimum atomic E-state index is -1.51. The van der Waals surface area contributed by atoms with Gasteiger partial charge in [0.25, 0.3) is 0 Å². The Morgan fingerprint density at radius 2 is 1.18 bits per heavy atom. The fourth-order valence-corrected chi connectivity index (χ4v) is 11.5. The van der Waals surface area contributed by atoms with Gasteiger partial charge in [-0.25, -0.2) is 0 Å². The molecule has 5 heteroatoms. The predicted octanol–water partition coefficient (Wildman–Crippen LogP) is 5.45. The van der Waals surface area contributed by atoms with Crippen LogP contribution >= 0.6 is 23.2 Å². The van der Waals surface area contributed by atoms with Gasteiger partial charge in [-0.15, -0.1) is 23.2 Å². The van der Waals surface area contributed by atoms with E-state index in [4.69, 9.17) is 27.3 Å². The zero-order valence-corrected chi connectivity index (χ0v) is 15.3. The summed E-state index contributed by atoms with van der Waals surface area (Å²) in [5.74, 6) is 1.55. The first kappa shape index (κ1) is 18.0. The van der Waals surface area contributed by atoms with Crippen molar-refractivity contribution < 1.29 is 4.12 Å². The van der Waals surface area contributed by atoms with Crippen molar-refractivity contribution in [2.24, 2.45) is 0 Å². The number of unbranched alkanes of at least 4 members (excludes halogenated alkanes) is 2. The topological polar surface area (TPSA) is 9.23 Å². The van der Waals surface area contributed by atoms with Crippen LogP contribution in [0, 0.1) is 0 Å². The van der Waals surface area contributed by atoms with E-state index < -0.39 is 16.6 Å². The molecule has 0 N–H and O–H groups in total. The molecule has 0 spiro atoms. The molecule has 17 heavy (non-hydrogen) atoms. The Hall–Kier alpha value is 0.974. The summed E-state index contributed by atoms with van der Waals surface area (Å²) in [6.45, 7) is 9.28. The molecule has 0 unspecified atom stereocenters. The predicted molar refractivity (Wildman–Crippen MR) is 85.6 cm³/mol. The van der Waals surface area contributed by atoms with Crippen molar-refractivity contribution in [3.63, 3.8) is 0 Å². The zero-order valence-electron chi connectivity index (χ0n) is 11.8. The van der Waals surface area contributed by atoms with E-state index >= 15 is 0 Å². The SMILES string of the molecule is C[Si](C)(C)O[Si](C)(CCCCCl)CCCCCl. The molecule has 0 aliphatic rings. The fraction of sp³-hybridized carbons (Fsp3) is 1.00. The molecule has 0 bridgehead atoms. The lowest BCUT2D eigenvalue weighted by Crippen LogP contribution is -2.44. The van der Waals surface area contributed by atoms with Gasteiger partial charge in [-0.1, -0.05) is 12.8 Å². The van der Waals surface area contributed by atoms with E-state index in [1.165, 1.54) is 24.9 Å². The second-order valence-electron chi connectivity index (χ2n) is 5.96. The van der Waals surface area contributed by atoms with Crippen LogP contribution in [-0.4, -0.2) is 28.4 Å². The first-order chi connectivity index (χ1) is 7.83. The van der Waals surface area contributed by atoms with Gasteiger partial charge in [-0.05, 0) is 51.1 Å².